The Kier molecular flexibility index (Phi) is 7.49. The van der Waals surface area contributed by atoms with Gasteiger partial charge in [-0.1, -0.05) is 35.4 Å². The van der Waals surface area contributed by atoms with Crippen molar-refractivity contribution in [3.05, 3.63) is 40.4 Å². The van der Waals surface area contributed by atoms with Gasteiger partial charge < -0.3 is 4.90 Å². The van der Waals surface area contributed by atoms with Crippen molar-refractivity contribution in [3.63, 3.8) is 0 Å². The Labute approximate surface area is 188 Å². The van der Waals surface area contributed by atoms with Gasteiger partial charge in [-0.15, -0.1) is 12.4 Å². The second-order valence-electron chi connectivity index (χ2n) is 7.76. The number of likely N-dealkylation sites (tertiary alicyclic amines) is 1. The molecule has 4 rings (SSSR count). The Balaban J connectivity index is 0.00000240. The van der Waals surface area contributed by atoms with Crippen molar-refractivity contribution in [2.75, 3.05) is 44.2 Å². The van der Waals surface area contributed by atoms with Crippen LogP contribution in [0, 0.1) is 11.8 Å². The highest BCUT2D eigenvalue weighted by Gasteiger charge is 2.46. The fourth-order valence-corrected chi connectivity index (χ4v) is 5.02. The topological polar surface area (TPSA) is 43.9 Å². The molecule has 5 nitrogen and oxygen atoms in total. The minimum atomic E-state index is -0.120. The number of carbonyl (C=O) groups is 2. The molecule has 0 saturated carbocycles. The van der Waals surface area contributed by atoms with Gasteiger partial charge in [0, 0.05) is 37.7 Å². The lowest BCUT2D eigenvalue weighted by molar-refractivity contribution is -0.140. The third kappa shape index (κ3) is 4.74. The number of halogens is 3. The molecule has 0 spiro atoms. The summed E-state index contributed by atoms with van der Waals surface area (Å²) in [5.74, 6) is -0.182. The Morgan fingerprint density at radius 2 is 1.52 bits per heavy atom. The maximum absolute atomic E-state index is 12.5. The number of anilines is 1. The SMILES string of the molecule is Cl.O=C1C2CC=CCC2C(=O)N1CCCN1CCN(c2ccc(Cl)cc2Cl)CC1. The van der Waals surface area contributed by atoms with Gasteiger partial charge in [0.15, 0.2) is 0 Å². The molecule has 1 aliphatic carbocycles. The van der Waals surface area contributed by atoms with Crippen LogP contribution < -0.4 is 4.90 Å². The smallest absolute Gasteiger partial charge is 0.233 e. The highest BCUT2D eigenvalue weighted by Crippen LogP contribution is 2.35. The molecular weight excluding hydrogens is 433 g/mol. The summed E-state index contributed by atoms with van der Waals surface area (Å²) >= 11 is 12.3. The average molecular weight is 459 g/mol. The second kappa shape index (κ2) is 9.69. The molecule has 29 heavy (non-hydrogen) atoms. The first kappa shape index (κ1) is 22.4. The van der Waals surface area contributed by atoms with Crippen molar-refractivity contribution < 1.29 is 9.59 Å². The molecule has 1 aromatic carbocycles. The van der Waals surface area contributed by atoms with E-state index in [0.29, 0.717) is 29.4 Å². The summed E-state index contributed by atoms with van der Waals surface area (Å²) in [5.41, 5.74) is 1.02. The van der Waals surface area contributed by atoms with Gasteiger partial charge in [-0.25, -0.2) is 0 Å². The standard InChI is InChI=1S/C21H25Cl2N3O2.ClH/c22-15-6-7-19(18(23)14-15)25-12-10-24(11-13-25)8-3-9-26-20(27)16-4-1-2-5-17(16)21(26)28;/h1-2,6-7,14,16-17H,3-5,8-13H2;1H. The first-order valence-corrected chi connectivity index (χ1v) is 10.7. The molecule has 3 aliphatic rings. The van der Waals surface area contributed by atoms with Gasteiger partial charge in [-0.3, -0.25) is 19.4 Å². The van der Waals surface area contributed by atoms with Crippen LogP contribution >= 0.6 is 35.6 Å². The van der Waals surface area contributed by atoms with Gasteiger partial charge in [0.25, 0.3) is 0 Å². The highest BCUT2D eigenvalue weighted by atomic mass is 35.5. The summed E-state index contributed by atoms with van der Waals surface area (Å²) in [7, 11) is 0. The van der Waals surface area contributed by atoms with Crippen LogP contribution in [-0.2, 0) is 9.59 Å². The third-order valence-electron chi connectivity index (χ3n) is 6.08. The minimum Gasteiger partial charge on any atom is -0.368 e. The second-order valence-corrected chi connectivity index (χ2v) is 8.61. The molecule has 2 fully saturated rings. The van der Waals surface area contributed by atoms with Crippen molar-refractivity contribution in [1.82, 2.24) is 9.80 Å². The summed E-state index contributed by atoms with van der Waals surface area (Å²) < 4.78 is 0. The molecule has 0 aromatic heterocycles. The molecule has 2 atom stereocenters. The monoisotopic (exact) mass is 457 g/mol. The predicted molar refractivity (Wildman–Crippen MR) is 119 cm³/mol. The molecule has 1 aromatic rings. The van der Waals surface area contributed by atoms with Crippen molar-refractivity contribution >= 4 is 53.1 Å². The minimum absolute atomic E-state index is 0. The molecule has 0 bridgehead atoms. The van der Waals surface area contributed by atoms with E-state index in [1.54, 1.807) is 6.07 Å². The lowest BCUT2D eigenvalue weighted by Gasteiger charge is -2.36. The van der Waals surface area contributed by atoms with E-state index in [0.717, 1.165) is 44.8 Å². The van der Waals surface area contributed by atoms with Crippen molar-refractivity contribution in [1.29, 1.82) is 0 Å². The van der Waals surface area contributed by atoms with E-state index in [4.69, 9.17) is 23.2 Å². The van der Waals surface area contributed by atoms with Gasteiger partial charge >= 0.3 is 0 Å². The number of hydrogen-bond acceptors (Lipinski definition) is 4. The first-order chi connectivity index (χ1) is 13.5. The maximum Gasteiger partial charge on any atom is 0.233 e. The largest absolute Gasteiger partial charge is 0.368 e. The summed E-state index contributed by atoms with van der Waals surface area (Å²) in [5, 5.41) is 1.33. The van der Waals surface area contributed by atoms with Crippen LogP contribution in [0.1, 0.15) is 19.3 Å². The van der Waals surface area contributed by atoms with Crippen LogP contribution in [0.2, 0.25) is 10.0 Å². The fraction of sp³-hybridized carbons (Fsp3) is 0.524. The number of rotatable bonds is 5. The lowest BCUT2D eigenvalue weighted by Crippen LogP contribution is -2.47. The van der Waals surface area contributed by atoms with Crippen LogP contribution in [0.4, 0.5) is 5.69 Å². The number of fused-ring (bicyclic) bond motifs is 1. The summed E-state index contributed by atoms with van der Waals surface area (Å²) in [4.78, 5) is 31.2. The van der Waals surface area contributed by atoms with Crippen molar-refractivity contribution in [3.8, 4) is 0 Å². The number of imide groups is 1. The van der Waals surface area contributed by atoms with Crippen LogP contribution in [0.25, 0.3) is 0 Å². The van der Waals surface area contributed by atoms with Gasteiger partial charge in [0.1, 0.15) is 0 Å². The Hall–Kier alpha value is -1.27. The number of allylic oxidation sites excluding steroid dienone is 2. The molecule has 0 radical (unpaired) electrons. The molecular formula is C21H26Cl3N3O2. The molecule has 0 N–H and O–H groups in total. The quantitative estimate of drug-likeness (QED) is 0.496. The molecule has 2 unspecified atom stereocenters. The molecule has 2 aliphatic heterocycles. The van der Waals surface area contributed by atoms with Gasteiger partial charge in [-0.2, -0.15) is 0 Å². The Morgan fingerprint density at radius 1 is 0.897 bits per heavy atom. The number of amides is 2. The summed E-state index contributed by atoms with van der Waals surface area (Å²) in [6.07, 6.45) is 6.30. The van der Waals surface area contributed by atoms with E-state index < -0.39 is 0 Å². The average Bonchev–Trinajstić information content (AvgIpc) is 2.94. The van der Waals surface area contributed by atoms with Crippen LogP contribution in [0.3, 0.4) is 0 Å². The number of hydrogen-bond donors (Lipinski definition) is 0. The van der Waals surface area contributed by atoms with Crippen molar-refractivity contribution in [2.45, 2.75) is 19.3 Å². The predicted octanol–water partition coefficient (Wildman–Crippen LogP) is 3.88. The van der Waals surface area contributed by atoms with E-state index >= 15 is 0 Å². The van der Waals surface area contributed by atoms with Crippen molar-refractivity contribution in [2.24, 2.45) is 11.8 Å². The van der Waals surface area contributed by atoms with Crippen LogP contribution in [0.5, 0.6) is 0 Å². The van der Waals surface area contributed by atoms with Gasteiger partial charge in [-0.05, 0) is 44.0 Å². The Bertz CT molecular complexity index is 767. The lowest BCUT2D eigenvalue weighted by atomic mass is 9.85. The third-order valence-corrected chi connectivity index (χ3v) is 6.62. The molecule has 8 heteroatoms. The zero-order chi connectivity index (χ0) is 19.7. The molecule has 158 valence electrons. The van der Waals surface area contributed by atoms with Crippen LogP contribution in [0.15, 0.2) is 30.4 Å². The highest BCUT2D eigenvalue weighted by molar-refractivity contribution is 6.36. The zero-order valence-corrected chi connectivity index (χ0v) is 18.6. The normalized spacial score (nSPS) is 24.6. The molecule has 2 amide bonds. The molecule has 2 heterocycles. The van der Waals surface area contributed by atoms with E-state index in [-0.39, 0.29) is 36.1 Å². The fourth-order valence-electron chi connectivity index (χ4n) is 4.49. The van der Waals surface area contributed by atoms with E-state index in [1.807, 2.05) is 24.3 Å². The van der Waals surface area contributed by atoms with E-state index in [9.17, 15) is 9.59 Å². The zero-order valence-electron chi connectivity index (χ0n) is 16.2. The number of piperazine rings is 1. The van der Waals surface area contributed by atoms with E-state index in [1.165, 1.54) is 4.90 Å². The van der Waals surface area contributed by atoms with Crippen LogP contribution in [-0.4, -0.2) is 60.9 Å². The summed E-state index contributed by atoms with van der Waals surface area (Å²) in [6, 6.07) is 5.62. The number of benzene rings is 1. The van der Waals surface area contributed by atoms with Gasteiger partial charge in [0.2, 0.25) is 11.8 Å². The maximum atomic E-state index is 12.5. The number of carbonyl (C=O) groups excluding carboxylic acids is 2. The van der Waals surface area contributed by atoms with Gasteiger partial charge in [0.05, 0.1) is 22.5 Å². The summed E-state index contributed by atoms with van der Waals surface area (Å²) in [6.45, 7) is 5.12. The molecule has 2 saturated heterocycles. The number of nitrogens with zero attached hydrogens (tertiary/aromatic N) is 3. The Morgan fingerprint density at radius 3 is 2.10 bits per heavy atom. The first-order valence-electron chi connectivity index (χ1n) is 9.97. The van der Waals surface area contributed by atoms with E-state index in [2.05, 4.69) is 9.80 Å².